The molecule has 1 aromatic heterocycles. The van der Waals surface area contributed by atoms with Crippen LogP contribution >= 0.6 is 11.6 Å². The maximum Gasteiger partial charge on any atom is 0.356 e. The average molecular weight is 173 g/mol. The number of aromatic carboxylic acids is 1. The summed E-state index contributed by atoms with van der Waals surface area (Å²) < 4.78 is 0. The largest absolute Gasteiger partial charge is 0.476 e. The lowest BCUT2D eigenvalue weighted by atomic mass is 10.2. The van der Waals surface area contributed by atoms with Gasteiger partial charge in [0.2, 0.25) is 0 Å². The first-order valence-corrected chi connectivity index (χ1v) is 3.22. The molecule has 1 heterocycles. The van der Waals surface area contributed by atoms with E-state index in [1.54, 1.807) is 6.92 Å². The highest BCUT2D eigenvalue weighted by Gasteiger charge is 2.08. The van der Waals surface area contributed by atoms with Crippen LogP contribution < -0.4 is 0 Å². The van der Waals surface area contributed by atoms with Crippen LogP contribution in [0.25, 0.3) is 0 Å². The van der Waals surface area contributed by atoms with Crippen molar-refractivity contribution >= 4 is 17.6 Å². The fourth-order valence-electron chi connectivity index (χ4n) is 0.664. The lowest BCUT2D eigenvalue weighted by Crippen LogP contribution is -2.04. The minimum atomic E-state index is -1.09. The summed E-state index contributed by atoms with van der Waals surface area (Å²) in [5.74, 6) is -1.09. The van der Waals surface area contributed by atoms with E-state index in [-0.39, 0.29) is 10.8 Å². The van der Waals surface area contributed by atoms with Crippen LogP contribution in [0, 0.1) is 6.92 Å². The summed E-state index contributed by atoms with van der Waals surface area (Å²) in [5.41, 5.74) is 0.451. The van der Waals surface area contributed by atoms with Gasteiger partial charge in [0.25, 0.3) is 0 Å². The highest BCUT2D eigenvalue weighted by Crippen LogP contribution is 2.08. The van der Waals surface area contributed by atoms with E-state index >= 15 is 0 Å². The van der Waals surface area contributed by atoms with Crippen LogP contribution in [0.3, 0.4) is 0 Å². The fraction of sp³-hybridized carbons (Fsp3) is 0.167. The second-order valence-electron chi connectivity index (χ2n) is 2.00. The molecule has 58 valence electrons. The van der Waals surface area contributed by atoms with Gasteiger partial charge in [-0.2, -0.15) is 0 Å². The van der Waals surface area contributed by atoms with Gasteiger partial charge in [-0.3, -0.25) is 0 Å². The van der Waals surface area contributed by atoms with Gasteiger partial charge < -0.3 is 5.11 Å². The Bertz CT molecular complexity index is 301. The van der Waals surface area contributed by atoms with Gasteiger partial charge in [-0.05, 0) is 18.6 Å². The number of carboxylic acids is 1. The van der Waals surface area contributed by atoms with Gasteiger partial charge in [0.15, 0.2) is 10.8 Å². The van der Waals surface area contributed by atoms with Crippen molar-refractivity contribution in [2.24, 2.45) is 0 Å². The monoisotopic (exact) mass is 172 g/mol. The first kappa shape index (κ1) is 7.94. The zero-order chi connectivity index (χ0) is 8.43. The average Bonchev–Trinajstić information content (AvgIpc) is 1.85. The molecule has 4 nitrogen and oxygen atoms in total. The molecule has 0 atom stereocenters. The Morgan fingerprint density at radius 2 is 2.27 bits per heavy atom. The maximum atomic E-state index is 10.4. The molecule has 0 aromatic carbocycles. The number of nitrogens with zero attached hydrogens (tertiary/aromatic N) is 2. The van der Waals surface area contributed by atoms with Crippen LogP contribution in [0.4, 0.5) is 0 Å². The third kappa shape index (κ3) is 1.65. The fourth-order valence-corrected chi connectivity index (χ4v) is 0.865. The normalized spacial score (nSPS) is 9.64. The summed E-state index contributed by atoms with van der Waals surface area (Å²) in [6.45, 7) is 1.62. The molecule has 0 aliphatic rings. The van der Waals surface area contributed by atoms with Crippen molar-refractivity contribution in [1.29, 1.82) is 0 Å². The van der Waals surface area contributed by atoms with Crippen LogP contribution in [0.5, 0.6) is 0 Å². The third-order valence-electron chi connectivity index (χ3n) is 1.16. The Morgan fingerprint density at radius 3 is 2.73 bits per heavy atom. The number of hydrogen-bond acceptors (Lipinski definition) is 3. The zero-order valence-corrected chi connectivity index (χ0v) is 6.46. The van der Waals surface area contributed by atoms with Gasteiger partial charge in [0, 0.05) is 0 Å². The van der Waals surface area contributed by atoms with Crippen molar-refractivity contribution in [2.45, 2.75) is 6.92 Å². The molecule has 11 heavy (non-hydrogen) atoms. The van der Waals surface area contributed by atoms with Gasteiger partial charge in [-0.25, -0.2) is 4.79 Å². The van der Waals surface area contributed by atoms with Crippen LogP contribution in [0.15, 0.2) is 6.07 Å². The number of halogens is 1. The summed E-state index contributed by atoms with van der Waals surface area (Å²) in [4.78, 5) is 10.4. The molecule has 1 aromatic rings. The summed E-state index contributed by atoms with van der Waals surface area (Å²) in [6.07, 6.45) is 0. The Morgan fingerprint density at radius 1 is 1.64 bits per heavy atom. The Labute approximate surface area is 67.8 Å². The second-order valence-corrected chi connectivity index (χ2v) is 2.39. The molecule has 0 saturated heterocycles. The van der Waals surface area contributed by atoms with Crippen molar-refractivity contribution in [3.63, 3.8) is 0 Å². The molecule has 1 N–H and O–H groups in total. The predicted octanol–water partition coefficient (Wildman–Crippen LogP) is 1.14. The second kappa shape index (κ2) is 2.84. The Kier molecular flexibility index (Phi) is 2.05. The smallest absolute Gasteiger partial charge is 0.356 e. The van der Waals surface area contributed by atoms with Gasteiger partial charge in [-0.1, -0.05) is 11.6 Å². The van der Waals surface area contributed by atoms with E-state index in [1.165, 1.54) is 6.07 Å². The molecule has 0 aliphatic heterocycles. The molecule has 0 amide bonds. The SMILES string of the molecule is Cc1cc(Cl)nnc1C(=O)O. The molecule has 0 saturated carbocycles. The molecular weight excluding hydrogens is 168 g/mol. The minimum Gasteiger partial charge on any atom is -0.476 e. The number of carboxylic acid groups (broad SMARTS) is 1. The van der Waals surface area contributed by atoms with E-state index in [1.807, 2.05) is 0 Å². The van der Waals surface area contributed by atoms with Gasteiger partial charge in [-0.15, -0.1) is 10.2 Å². The van der Waals surface area contributed by atoms with E-state index < -0.39 is 5.97 Å². The first-order chi connectivity index (χ1) is 5.11. The maximum absolute atomic E-state index is 10.4. The highest BCUT2D eigenvalue weighted by atomic mass is 35.5. The van der Waals surface area contributed by atoms with E-state index in [2.05, 4.69) is 10.2 Å². The Balaban J connectivity index is 3.20. The Hall–Kier alpha value is -1.16. The third-order valence-corrected chi connectivity index (χ3v) is 1.34. The van der Waals surface area contributed by atoms with Crippen molar-refractivity contribution in [3.05, 3.63) is 22.5 Å². The summed E-state index contributed by atoms with van der Waals surface area (Å²) in [6, 6.07) is 1.46. The topological polar surface area (TPSA) is 63.1 Å². The number of hydrogen-bond donors (Lipinski definition) is 1. The molecule has 0 bridgehead atoms. The zero-order valence-electron chi connectivity index (χ0n) is 5.71. The van der Waals surface area contributed by atoms with E-state index in [4.69, 9.17) is 16.7 Å². The summed E-state index contributed by atoms with van der Waals surface area (Å²) >= 11 is 5.46. The quantitative estimate of drug-likeness (QED) is 0.690. The van der Waals surface area contributed by atoms with Gasteiger partial charge in [0.05, 0.1) is 0 Å². The number of aromatic nitrogens is 2. The predicted molar refractivity (Wildman–Crippen MR) is 38.7 cm³/mol. The number of carbonyl (C=O) groups is 1. The van der Waals surface area contributed by atoms with E-state index in [0.717, 1.165) is 0 Å². The van der Waals surface area contributed by atoms with Crippen LogP contribution in [0.2, 0.25) is 5.15 Å². The highest BCUT2D eigenvalue weighted by molar-refractivity contribution is 6.29. The molecule has 0 unspecified atom stereocenters. The molecule has 0 fully saturated rings. The molecule has 0 aliphatic carbocycles. The van der Waals surface area contributed by atoms with Crippen LogP contribution in [-0.4, -0.2) is 21.3 Å². The molecule has 1 rings (SSSR count). The lowest BCUT2D eigenvalue weighted by molar-refractivity contribution is 0.0688. The van der Waals surface area contributed by atoms with E-state index in [0.29, 0.717) is 5.56 Å². The minimum absolute atomic E-state index is 0.0607. The molecule has 5 heteroatoms. The van der Waals surface area contributed by atoms with Gasteiger partial charge >= 0.3 is 5.97 Å². The van der Waals surface area contributed by atoms with Crippen molar-refractivity contribution in [1.82, 2.24) is 10.2 Å². The van der Waals surface area contributed by atoms with Gasteiger partial charge in [0.1, 0.15) is 0 Å². The number of rotatable bonds is 1. The standard InChI is InChI=1S/C6H5ClN2O2/c1-3-2-4(7)8-9-5(3)6(10)11/h2H,1H3,(H,10,11). The summed E-state index contributed by atoms with van der Waals surface area (Å²) in [5, 5.41) is 15.5. The van der Waals surface area contributed by atoms with Crippen molar-refractivity contribution < 1.29 is 9.90 Å². The van der Waals surface area contributed by atoms with E-state index in [9.17, 15) is 4.79 Å². The lowest BCUT2D eigenvalue weighted by Gasteiger charge is -1.96. The molecule has 0 spiro atoms. The summed E-state index contributed by atoms with van der Waals surface area (Å²) in [7, 11) is 0. The first-order valence-electron chi connectivity index (χ1n) is 2.84. The van der Waals surface area contributed by atoms with Crippen molar-refractivity contribution in [3.8, 4) is 0 Å². The number of aryl methyl sites for hydroxylation is 1. The van der Waals surface area contributed by atoms with Crippen LogP contribution in [-0.2, 0) is 0 Å². The molecule has 0 radical (unpaired) electrons. The van der Waals surface area contributed by atoms with Crippen molar-refractivity contribution in [2.75, 3.05) is 0 Å². The van der Waals surface area contributed by atoms with Crippen LogP contribution in [0.1, 0.15) is 16.1 Å². The molecular formula is C6H5ClN2O2.